The monoisotopic (exact) mass is 314 g/mol. The largest absolute Gasteiger partial charge is 0.373 e. The van der Waals surface area contributed by atoms with E-state index in [9.17, 15) is 9.59 Å². The Bertz CT molecular complexity index is 749. The van der Waals surface area contributed by atoms with Gasteiger partial charge in [0.25, 0.3) is 0 Å². The Morgan fingerprint density at radius 3 is 2.27 bits per heavy atom. The summed E-state index contributed by atoms with van der Waals surface area (Å²) < 4.78 is 0. The van der Waals surface area contributed by atoms with Crippen molar-refractivity contribution in [3.63, 3.8) is 0 Å². The van der Waals surface area contributed by atoms with E-state index in [1.807, 2.05) is 38.2 Å². The molecule has 1 aromatic heterocycles. The summed E-state index contributed by atoms with van der Waals surface area (Å²) in [5.41, 5.74) is 2.96. The Hall–Kier alpha value is -1.98. The fraction of sp³-hybridized carbons (Fsp3) is 0.294. The zero-order valence-electron chi connectivity index (χ0n) is 12.9. The van der Waals surface area contributed by atoms with E-state index in [1.54, 1.807) is 16.8 Å². The number of fused-ring (bicyclic) bond motifs is 2. The van der Waals surface area contributed by atoms with Crippen molar-refractivity contribution in [1.29, 1.82) is 0 Å². The van der Waals surface area contributed by atoms with Gasteiger partial charge in [-0.15, -0.1) is 0 Å². The second kappa shape index (κ2) is 5.66. The first-order valence-corrected chi connectivity index (χ1v) is 8.09. The average molecular weight is 314 g/mol. The van der Waals surface area contributed by atoms with Crippen LogP contribution in [0.15, 0.2) is 29.0 Å². The van der Waals surface area contributed by atoms with Gasteiger partial charge in [-0.2, -0.15) is 11.3 Å². The summed E-state index contributed by atoms with van der Waals surface area (Å²) in [5, 5.41) is 3.54. The Kier molecular flexibility index (Phi) is 3.85. The number of likely N-dealkylation sites (N-methyl/N-ethyl adjacent to an activating group) is 2. The summed E-state index contributed by atoms with van der Waals surface area (Å²) in [4.78, 5) is 29.5. The minimum Gasteiger partial charge on any atom is -0.373 e. The highest BCUT2D eigenvalue weighted by Crippen LogP contribution is 2.34. The Morgan fingerprint density at radius 2 is 1.59 bits per heavy atom. The molecule has 3 rings (SSSR count). The van der Waals surface area contributed by atoms with Gasteiger partial charge in [0.15, 0.2) is 11.6 Å². The van der Waals surface area contributed by atoms with Crippen LogP contribution in [0.5, 0.6) is 0 Å². The summed E-state index contributed by atoms with van der Waals surface area (Å²) in [7, 11) is 5.99. The summed E-state index contributed by atoms with van der Waals surface area (Å²) in [6, 6.07) is 5.51. The van der Waals surface area contributed by atoms with Gasteiger partial charge in [-0.05, 0) is 20.2 Å². The van der Waals surface area contributed by atoms with Gasteiger partial charge >= 0.3 is 0 Å². The molecule has 22 heavy (non-hydrogen) atoms. The van der Waals surface area contributed by atoms with Crippen molar-refractivity contribution in [2.45, 2.75) is 0 Å². The summed E-state index contributed by atoms with van der Waals surface area (Å²) >= 11 is 1.40. The maximum absolute atomic E-state index is 12.8. The molecule has 0 bridgehead atoms. The third kappa shape index (κ3) is 2.36. The molecule has 2 aromatic rings. The minimum atomic E-state index is -0.0475. The number of benzene rings is 1. The predicted octanol–water partition coefficient (Wildman–Crippen LogP) is 2.52. The fourth-order valence-corrected chi connectivity index (χ4v) is 3.49. The zero-order chi connectivity index (χ0) is 15.9. The van der Waals surface area contributed by atoms with Crippen molar-refractivity contribution in [2.75, 3.05) is 39.1 Å². The molecular weight excluding hydrogens is 296 g/mol. The van der Waals surface area contributed by atoms with Crippen LogP contribution in [0.25, 0.3) is 0 Å². The smallest absolute Gasteiger partial charge is 0.197 e. The van der Waals surface area contributed by atoms with Crippen LogP contribution in [0.1, 0.15) is 31.8 Å². The lowest BCUT2D eigenvalue weighted by molar-refractivity contribution is 0.0980. The van der Waals surface area contributed by atoms with Crippen molar-refractivity contribution < 1.29 is 9.59 Å². The quantitative estimate of drug-likeness (QED) is 0.742. The Morgan fingerprint density at radius 1 is 0.909 bits per heavy atom. The van der Waals surface area contributed by atoms with E-state index >= 15 is 0 Å². The molecule has 0 amide bonds. The third-order valence-electron chi connectivity index (χ3n) is 3.96. The van der Waals surface area contributed by atoms with Gasteiger partial charge in [0.1, 0.15) is 0 Å². The number of hydrogen-bond donors (Lipinski definition) is 0. The van der Waals surface area contributed by atoms with E-state index in [1.165, 1.54) is 11.3 Å². The van der Waals surface area contributed by atoms with Gasteiger partial charge in [-0.1, -0.05) is 12.1 Å². The molecule has 0 N–H and O–H groups in total. The second-order valence-electron chi connectivity index (χ2n) is 5.78. The lowest BCUT2D eigenvalue weighted by atomic mass is 9.85. The highest BCUT2D eigenvalue weighted by molar-refractivity contribution is 7.08. The van der Waals surface area contributed by atoms with Crippen molar-refractivity contribution in [1.82, 2.24) is 4.90 Å². The predicted molar refractivity (Wildman–Crippen MR) is 89.5 cm³/mol. The molecule has 0 unspecified atom stereocenters. The highest BCUT2D eigenvalue weighted by atomic mass is 32.1. The molecule has 1 aliphatic rings. The van der Waals surface area contributed by atoms with E-state index in [0.29, 0.717) is 22.3 Å². The number of nitrogens with zero attached hydrogens (tertiary/aromatic N) is 2. The van der Waals surface area contributed by atoms with Crippen molar-refractivity contribution in [3.8, 4) is 0 Å². The third-order valence-corrected chi connectivity index (χ3v) is 4.70. The molecular formula is C17H18N2O2S. The van der Waals surface area contributed by atoms with Gasteiger partial charge in [0, 0.05) is 53.3 Å². The second-order valence-corrected chi connectivity index (χ2v) is 6.53. The number of thiophene rings is 1. The first-order chi connectivity index (χ1) is 10.5. The van der Waals surface area contributed by atoms with Crippen LogP contribution in [0.2, 0.25) is 0 Å². The van der Waals surface area contributed by atoms with Gasteiger partial charge < -0.3 is 9.80 Å². The standard InChI is InChI=1S/C17H18N2O2S/c1-18(2)7-8-19(3)14-6-4-5-11-15(14)17(21)13-10-22-9-12(13)16(11)20/h4-6,9-10H,7-8H2,1-3H3. The number of ketones is 2. The van der Waals surface area contributed by atoms with Gasteiger partial charge in [0.05, 0.1) is 5.56 Å². The average Bonchev–Trinajstić information content (AvgIpc) is 2.99. The molecule has 4 nitrogen and oxygen atoms in total. The van der Waals surface area contributed by atoms with Crippen LogP contribution in [-0.4, -0.2) is 50.7 Å². The van der Waals surface area contributed by atoms with Crippen LogP contribution >= 0.6 is 11.3 Å². The maximum Gasteiger partial charge on any atom is 0.197 e. The maximum atomic E-state index is 12.8. The normalized spacial score (nSPS) is 13.3. The number of carbonyl (C=O) groups is 2. The van der Waals surface area contributed by atoms with Gasteiger partial charge in [-0.25, -0.2) is 0 Å². The van der Waals surface area contributed by atoms with Crippen LogP contribution in [0.4, 0.5) is 5.69 Å². The highest BCUT2D eigenvalue weighted by Gasteiger charge is 2.32. The van der Waals surface area contributed by atoms with Crippen LogP contribution < -0.4 is 4.90 Å². The van der Waals surface area contributed by atoms with E-state index in [2.05, 4.69) is 4.90 Å². The molecule has 0 spiro atoms. The SMILES string of the molecule is CN(C)CCN(C)c1cccc2c1C(=O)c1cscc1C2=O. The molecule has 1 aromatic carbocycles. The van der Waals surface area contributed by atoms with Gasteiger partial charge in [-0.3, -0.25) is 9.59 Å². The molecule has 0 saturated carbocycles. The Labute approximate surface area is 134 Å². The topological polar surface area (TPSA) is 40.6 Å². The molecule has 1 heterocycles. The number of carbonyl (C=O) groups excluding carboxylic acids is 2. The number of anilines is 1. The van der Waals surface area contributed by atoms with Crippen molar-refractivity contribution in [3.05, 3.63) is 51.2 Å². The number of hydrogen-bond acceptors (Lipinski definition) is 5. The molecule has 5 heteroatoms. The van der Waals surface area contributed by atoms with Crippen LogP contribution in [0.3, 0.4) is 0 Å². The molecule has 0 radical (unpaired) electrons. The molecule has 114 valence electrons. The van der Waals surface area contributed by atoms with Crippen molar-refractivity contribution >= 4 is 28.6 Å². The fourth-order valence-electron chi connectivity index (χ4n) is 2.69. The van der Waals surface area contributed by atoms with Crippen LogP contribution in [0, 0.1) is 0 Å². The molecule has 0 atom stereocenters. The zero-order valence-corrected chi connectivity index (χ0v) is 13.7. The first-order valence-electron chi connectivity index (χ1n) is 7.15. The number of rotatable bonds is 4. The Balaban J connectivity index is 2.05. The van der Waals surface area contributed by atoms with E-state index < -0.39 is 0 Å². The summed E-state index contributed by atoms with van der Waals surface area (Å²) in [6.07, 6.45) is 0. The molecule has 0 aliphatic heterocycles. The minimum absolute atomic E-state index is 0.0434. The lowest BCUT2D eigenvalue weighted by Crippen LogP contribution is -2.31. The summed E-state index contributed by atoms with van der Waals surface area (Å²) in [6.45, 7) is 1.67. The van der Waals surface area contributed by atoms with E-state index in [-0.39, 0.29) is 11.6 Å². The molecule has 0 fully saturated rings. The summed E-state index contributed by atoms with van der Waals surface area (Å²) in [5.74, 6) is -0.0909. The van der Waals surface area contributed by atoms with E-state index in [4.69, 9.17) is 0 Å². The molecule has 0 saturated heterocycles. The van der Waals surface area contributed by atoms with Crippen LogP contribution in [-0.2, 0) is 0 Å². The first kappa shape index (κ1) is 14.9. The molecule has 1 aliphatic carbocycles. The van der Waals surface area contributed by atoms with Gasteiger partial charge in [0.2, 0.25) is 0 Å². The van der Waals surface area contributed by atoms with Crippen molar-refractivity contribution in [2.24, 2.45) is 0 Å². The van der Waals surface area contributed by atoms with E-state index in [0.717, 1.165) is 18.8 Å². The lowest BCUT2D eigenvalue weighted by Gasteiger charge is -2.26.